The maximum absolute atomic E-state index is 12.2. The summed E-state index contributed by atoms with van der Waals surface area (Å²) in [6.45, 7) is 1.19. The first-order valence-corrected chi connectivity index (χ1v) is 10.0. The molecule has 1 aromatic carbocycles. The highest BCUT2D eigenvalue weighted by atomic mass is 32.1. The van der Waals surface area contributed by atoms with Gasteiger partial charge in [-0.25, -0.2) is 0 Å². The first kappa shape index (κ1) is 17.6. The average molecular weight is 404 g/mol. The zero-order chi connectivity index (χ0) is 19.6. The van der Waals surface area contributed by atoms with Crippen molar-refractivity contribution in [2.75, 3.05) is 13.1 Å². The van der Waals surface area contributed by atoms with Crippen molar-refractivity contribution < 1.29 is 14.1 Å². The normalized spacial score (nSPS) is 13.9. The van der Waals surface area contributed by atoms with Gasteiger partial charge in [-0.1, -0.05) is 5.16 Å². The summed E-state index contributed by atoms with van der Waals surface area (Å²) in [4.78, 5) is 22.5. The Hall–Kier alpha value is -3.52. The van der Waals surface area contributed by atoms with Crippen molar-refractivity contribution in [1.82, 2.24) is 20.0 Å². The van der Waals surface area contributed by atoms with Gasteiger partial charge in [0.05, 0.1) is 18.7 Å². The van der Waals surface area contributed by atoms with Crippen LogP contribution in [0.25, 0.3) is 22.8 Å². The number of aromatic nitrogens is 3. The molecule has 1 aliphatic heterocycles. The smallest absolute Gasteiger partial charge is 0.258 e. The van der Waals surface area contributed by atoms with Crippen LogP contribution >= 0.6 is 11.3 Å². The van der Waals surface area contributed by atoms with Crippen molar-refractivity contribution in [3.05, 3.63) is 71.2 Å². The number of hydrogen-bond donors (Lipinski definition) is 0. The van der Waals surface area contributed by atoms with Gasteiger partial charge in [0.15, 0.2) is 0 Å². The number of benzene rings is 1. The summed E-state index contributed by atoms with van der Waals surface area (Å²) in [6, 6.07) is 13.0. The summed E-state index contributed by atoms with van der Waals surface area (Å²) in [5.74, 6) is 1.77. The molecule has 1 fully saturated rings. The molecule has 8 heteroatoms. The summed E-state index contributed by atoms with van der Waals surface area (Å²) >= 11 is 1.52. The van der Waals surface area contributed by atoms with E-state index in [1.54, 1.807) is 17.3 Å². The van der Waals surface area contributed by atoms with Gasteiger partial charge in [-0.2, -0.15) is 16.3 Å². The van der Waals surface area contributed by atoms with Crippen LogP contribution in [-0.2, 0) is 0 Å². The molecule has 0 spiro atoms. The van der Waals surface area contributed by atoms with Gasteiger partial charge in [-0.3, -0.25) is 9.78 Å². The van der Waals surface area contributed by atoms with Gasteiger partial charge in [-0.05, 0) is 47.8 Å². The molecule has 4 aromatic rings. The van der Waals surface area contributed by atoms with Crippen molar-refractivity contribution in [3.63, 3.8) is 0 Å². The Morgan fingerprint density at radius 1 is 1.07 bits per heavy atom. The van der Waals surface area contributed by atoms with E-state index >= 15 is 0 Å². The van der Waals surface area contributed by atoms with Gasteiger partial charge >= 0.3 is 0 Å². The number of thiophene rings is 1. The molecule has 1 amide bonds. The van der Waals surface area contributed by atoms with Crippen LogP contribution in [0, 0.1) is 0 Å². The molecule has 4 heterocycles. The van der Waals surface area contributed by atoms with Crippen LogP contribution in [0.2, 0.25) is 0 Å². The lowest BCUT2D eigenvalue weighted by atomic mass is 10.1. The number of pyridine rings is 1. The molecule has 3 aromatic heterocycles. The minimum absolute atomic E-state index is 0.00639. The third-order valence-corrected chi connectivity index (χ3v) is 5.36. The van der Waals surface area contributed by atoms with Gasteiger partial charge in [0.25, 0.3) is 11.8 Å². The SMILES string of the molecule is O=C(c1ccsc1)N1CC(Oc2ccc(-c3noc(-c4ccncc4)n3)cc2)C1. The minimum atomic E-state index is 0.00639. The lowest BCUT2D eigenvalue weighted by Crippen LogP contribution is -2.56. The van der Waals surface area contributed by atoms with Crippen molar-refractivity contribution in [1.29, 1.82) is 0 Å². The third kappa shape index (κ3) is 3.62. The molecule has 0 bridgehead atoms. The van der Waals surface area contributed by atoms with Crippen LogP contribution in [-0.4, -0.2) is 45.1 Å². The minimum Gasteiger partial charge on any atom is -0.487 e. The van der Waals surface area contributed by atoms with Crippen LogP contribution < -0.4 is 4.74 Å². The molecule has 7 nitrogen and oxygen atoms in total. The van der Waals surface area contributed by atoms with E-state index < -0.39 is 0 Å². The average Bonchev–Trinajstić information content (AvgIpc) is 3.43. The fourth-order valence-corrected chi connectivity index (χ4v) is 3.70. The Balaban J connectivity index is 1.20. The van der Waals surface area contributed by atoms with Crippen LogP contribution in [0.1, 0.15) is 10.4 Å². The third-order valence-electron chi connectivity index (χ3n) is 4.67. The molecule has 0 saturated carbocycles. The Labute approximate surface area is 170 Å². The molecule has 0 atom stereocenters. The second-order valence-corrected chi connectivity index (χ2v) is 7.43. The van der Waals surface area contributed by atoms with Gasteiger partial charge < -0.3 is 14.2 Å². The lowest BCUT2D eigenvalue weighted by Gasteiger charge is -2.38. The quantitative estimate of drug-likeness (QED) is 0.504. The Bertz CT molecular complexity index is 1100. The highest BCUT2D eigenvalue weighted by molar-refractivity contribution is 7.08. The van der Waals surface area contributed by atoms with Gasteiger partial charge in [0.2, 0.25) is 5.82 Å². The van der Waals surface area contributed by atoms with E-state index in [-0.39, 0.29) is 12.0 Å². The molecule has 0 aliphatic carbocycles. The van der Waals surface area contributed by atoms with E-state index in [1.165, 1.54) is 11.3 Å². The Morgan fingerprint density at radius 2 is 1.86 bits per heavy atom. The molecule has 0 N–H and O–H groups in total. The molecular weight excluding hydrogens is 388 g/mol. The Morgan fingerprint density at radius 3 is 2.59 bits per heavy atom. The second kappa shape index (κ2) is 7.48. The van der Waals surface area contributed by atoms with E-state index in [4.69, 9.17) is 9.26 Å². The molecule has 144 valence electrons. The highest BCUT2D eigenvalue weighted by Crippen LogP contribution is 2.25. The molecule has 1 aliphatic rings. The number of carbonyl (C=O) groups excluding carboxylic acids is 1. The van der Waals surface area contributed by atoms with Crippen molar-refractivity contribution >= 4 is 17.2 Å². The molecule has 1 saturated heterocycles. The molecule has 0 radical (unpaired) electrons. The van der Waals surface area contributed by atoms with Crippen LogP contribution in [0.3, 0.4) is 0 Å². The van der Waals surface area contributed by atoms with Crippen molar-refractivity contribution in [2.45, 2.75) is 6.10 Å². The maximum atomic E-state index is 12.2. The summed E-state index contributed by atoms with van der Waals surface area (Å²) in [5, 5.41) is 7.82. The maximum Gasteiger partial charge on any atom is 0.258 e. The topological polar surface area (TPSA) is 81.4 Å². The second-order valence-electron chi connectivity index (χ2n) is 6.65. The van der Waals surface area contributed by atoms with Crippen molar-refractivity contribution in [2.24, 2.45) is 0 Å². The molecule has 29 heavy (non-hydrogen) atoms. The zero-order valence-electron chi connectivity index (χ0n) is 15.3. The number of hydrogen-bond acceptors (Lipinski definition) is 7. The van der Waals surface area contributed by atoms with Crippen LogP contribution in [0.15, 0.2) is 70.1 Å². The number of rotatable bonds is 5. The van der Waals surface area contributed by atoms with Crippen molar-refractivity contribution in [3.8, 4) is 28.6 Å². The van der Waals surface area contributed by atoms with E-state index in [0.717, 1.165) is 22.4 Å². The number of ether oxygens (including phenoxy) is 1. The van der Waals surface area contributed by atoms with Crippen LogP contribution in [0.4, 0.5) is 0 Å². The summed E-state index contributed by atoms with van der Waals surface area (Å²) < 4.78 is 11.3. The first-order chi connectivity index (χ1) is 14.3. The predicted molar refractivity (Wildman–Crippen MR) is 108 cm³/mol. The first-order valence-electron chi connectivity index (χ1n) is 9.09. The van der Waals surface area contributed by atoms with Gasteiger partial charge in [0.1, 0.15) is 11.9 Å². The monoisotopic (exact) mass is 404 g/mol. The number of likely N-dealkylation sites (tertiary alicyclic amines) is 1. The highest BCUT2D eigenvalue weighted by Gasteiger charge is 2.32. The van der Waals surface area contributed by atoms with E-state index in [1.807, 2.05) is 53.2 Å². The summed E-state index contributed by atoms with van der Waals surface area (Å²) in [6.07, 6.45) is 3.37. The lowest BCUT2D eigenvalue weighted by molar-refractivity contribution is 0.0178. The fraction of sp³-hybridized carbons (Fsp3) is 0.143. The van der Waals surface area contributed by atoms with E-state index in [2.05, 4.69) is 15.1 Å². The summed E-state index contributed by atoms with van der Waals surface area (Å²) in [5.41, 5.74) is 2.40. The van der Waals surface area contributed by atoms with E-state index in [0.29, 0.717) is 24.8 Å². The fourth-order valence-electron chi connectivity index (χ4n) is 3.07. The predicted octanol–water partition coefficient (Wildman–Crippen LogP) is 3.76. The molecular formula is C21H16N4O3S. The molecule has 5 rings (SSSR count). The Kier molecular flexibility index (Phi) is 4.53. The van der Waals surface area contributed by atoms with Crippen LogP contribution in [0.5, 0.6) is 5.75 Å². The standard InChI is InChI=1S/C21H16N4O3S/c26-21(16-7-10-29-13-16)25-11-18(12-25)27-17-3-1-14(2-4-17)19-23-20(28-24-19)15-5-8-22-9-6-15/h1-10,13,18H,11-12H2. The zero-order valence-corrected chi connectivity index (χ0v) is 16.1. The number of nitrogens with zero attached hydrogens (tertiary/aromatic N) is 4. The van der Waals surface area contributed by atoms with Gasteiger partial charge in [-0.15, -0.1) is 0 Å². The molecule has 0 unspecified atom stereocenters. The number of carbonyl (C=O) groups is 1. The van der Waals surface area contributed by atoms with Gasteiger partial charge in [0, 0.05) is 28.9 Å². The largest absolute Gasteiger partial charge is 0.487 e. The number of amides is 1. The van der Waals surface area contributed by atoms with E-state index in [9.17, 15) is 4.79 Å². The summed E-state index contributed by atoms with van der Waals surface area (Å²) in [7, 11) is 0.